The van der Waals surface area contributed by atoms with Crippen molar-refractivity contribution in [2.45, 2.75) is 32.4 Å². The average molecular weight is 236 g/mol. The monoisotopic (exact) mass is 236 g/mol. The Morgan fingerprint density at radius 2 is 2.06 bits per heavy atom. The predicted octanol–water partition coefficient (Wildman–Crippen LogP) is 1.65. The van der Waals surface area contributed by atoms with Crippen LogP contribution in [-0.2, 0) is 6.54 Å². The van der Waals surface area contributed by atoms with E-state index in [-0.39, 0.29) is 18.7 Å². The molecule has 17 heavy (non-hydrogen) atoms. The summed E-state index contributed by atoms with van der Waals surface area (Å²) in [6.07, 6.45) is 1.50. The SMILES string of the molecule is CC(CCCO)NC(=O)NCc1ccccc1. The van der Waals surface area contributed by atoms with Gasteiger partial charge in [-0.2, -0.15) is 0 Å². The highest BCUT2D eigenvalue weighted by Gasteiger charge is 2.05. The molecule has 0 saturated heterocycles. The van der Waals surface area contributed by atoms with E-state index >= 15 is 0 Å². The van der Waals surface area contributed by atoms with Crippen LogP contribution >= 0.6 is 0 Å². The minimum atomic E-state index is -0.167. The lowest BCUT2D eigenvalue weighted by atomic mass is 10.2. The van der Waals surface area contributed by atoms with Gasteiger partial charge in [0.1, 0.15) is 0 Å². The summed E-state index contributed by atoms with van der Waals surface area (Å²) >= 11 is 0. The van der Waals surface area contributed by atoms with E-state index in [1.165, 1.54) is 0 Å². The van der Waals surface area contributed by atoms with Gasteiger partial charge in [0.2, 0.25) is 0 Å². The van der Waals surface area contributed by atoms with Crippen molar-refractivity contribution < 1.29 is 9.90 Å². The fraction of sp³-hybridized carbons (Fsp3) is 0.462. The zero-order valence-corrected chi connectivity index (χ0v) is 10.1. The molecule has 1 aromatic rings. The van der Waals surface area contributed by atoms with E-state index in [1.807, 2.05) is 37.3 Å². The maximum absolute atomic E-state index is 11.5. The van der Waals surface area contributed by atoms with Crippen molar-refractivity contribution in [1.82, 2.24) is 10.6 Å². The summed E-state index contributed by atoms with van der Waals surface area (Å²) < 4.78 is 0. The molecular formula is C13H20N2O2. The summed E-state index contributed by atoms with van der Waals surface area (Å²) in [6, 6.07) is 9.68. The Balaban J connectivity index is 2.21. The number of aliphatic hydroxyl groups is 1. The second-order valence-electron chi connectivity index (χ2n) is 4.08. The number of carbonyl (C=O) groups is 1. The van der Waals surface area contributed by atoms with Gasteiger partial charge >= 0.3 is 6.03 Å². The summed E-state index contributed by atoms with van der Waals surface area (Å²) in [7, 11) is 0. The third kappa shape index (κ3) is 5.92. The first-order chi connectivity index (χ1) is 8.22. The lowest BCUT2D eigenvalue weighted by molar-refractivity contribution is 0.234. The molecule has 3 N–H and O–H groups in total. The number of benzene rings is 1. The van der Waals surface area contributed by atoms with Crippen molar-refractivity contribution in [3.63, 3.8) is 0 Å². The molecule has 1 unspecified atom stereocenters. The Kier molecular flexibility index (Phi) is 6.10. The molecular weight excluding hydrogens is 216 g/mol. The van der Waals surface area contributed by atoms with Crippen molar-refractivity contribution in [3.8, 4) is 0 Å². The Labute approximate surface area is 102 Å². The van der Waals surface area contributed by atoms with Gasteiger partial charge in [-0.25, -0.2) is 4.79 Å². The lowest BCUT2D eigenvalue weighted by Gasteiger charge is -2.14. The zero-order valence-electron chi connectivity index (χ0n) is 10.1. The second-order valence-corrected chi connectivity index (χ2v) is 4.08. The number of hydrogen-bond acceptors (Lipinski definition) is 2. The van der Waals surface area contributed by atoms with Gasteiger partial charge in [-0.05, 0) is 25.3 Å². The molecule has 4 heteroatoms. The maximum atomic E-state index is 11.5. The molecule has 1 aromatic carbocycles. The highest BCUT2D eigenvalue weighted by atomic mass is 16.3. The predicted molar refractivity (Wildman–Crippen MR) is 67.6 cm³/mol. The van der Waals surface area contributed by atoms with Gasteiger partial charge in [0.25, 0.3) is 0 Å². The van der Waals surface area contributed by atoms with Gasteiger partial charge in [0.05, 0.1) is 0 Å². The molecule has 0 aliphatic rings. The van der Waals surface area contributed by atoms with Crippen LogP contribution in [0, 0.1) is 0 Å². The number of urea groups is 1. The van der Waals surface area contributed by atoms with Gasteiger partial charge in [0, 0.05) is 19.2 Å². The number of hydrogen-bond donors (Lipinski definition) is 3. The van der Waals surface area contributed by atoms with Gasteiger partial charge in [0.15, 0.2) is 0 Å². The van der Waals surface area contributed by atoms with E-state index in [4.69, 9.17) is 5.11 Å². The molecule has 94 valence electrons. The molecule has 0 radical (unpaired) electrons. The molecule has 0 aliphatic heterocycles. The Bertz CT molecular complexity index is 327. The van der Waals surface area contributed by atoms with Crippen molar-refractivity contribution in [2.75, 3.05) is 6.61 Å². The number of amides is 2. The van der Waals surface area contributed by atoms with E-state index in [0.29, 0.717) is 13.0 Å². The van der Waals surface area contributed by atoms with Crippen LogP contribution in [0.1, 0.15) is 25.3 Å². The summed E-state index contributed by atoms with van der Waals surface area (Å²) in [6.45, 7) is 2.62. The van der Waals surface area contributed by atoms with Crippen molar-refractivity contribution in [3.05, 3.63) is 35.9 Å². The molecule has 0 saturated carbocycles. The molecule has 2 amide bonds. The quantitative estimate of drug-likeness (QED) is 0.703. The Morgan fingerprint density at radius 1 is 1.35 bits per heavy atom. The van der Waals surface area contributed by atoms with Crippen LogP contribution in [0.4, 0.5) is 4.79 Å². The first-order valence-corrected chi connectivity index (χ1v) is 5.91. The molecule has 0 aromatic heterocycles. The van der Waals surface area contributed by atoms with Crippen molar-refractivity contribution in [1.29, 1.82) is 0 Å². The molecule has 4 nitrogen and oxygen atoms in total. The van der Waals surface area contributed by atoms with E-state index in [0.717, 1.165) is 12.0 Å². The average Bonchev–Trinajstić information content (AvgIpc) is 2.35. The normalized spacial score (nSPS) is 11.9. The van der Waals surface area contributed by atoms with Gasteiger partial charge in [-0.3, -0.25) is 0 Å². The molecule has 0 bridgehead atoms. The molecule has 1 atom stereocenters. The van der Waals surface area contributed by atoms with Crippen LogP contribution in [0.25, 0.3) is 0 Å². The summed E-state index contributed by atoms with van der Waals surface area (Å²) in [5.74, 6) is 0. The van der Waals surface area contributed by atoms with Crippen molar-refractivity contribution >= 4 is 6.03 Å². The fourth-order valence-electron chi connectivity index (χ4n) is 1.52. The van der Waals surface area contributed by atoms with Crippen LogP contribution in [0.2, 0.25) is 0 Å². The molecule has 0 spiro atoms. The third-order valence-corrected chi connectivity index (χ3v) is 2.47. The van der Waals surface area contributed by atoms with Crippen LogP contribution in [0.15, 0.2) is 30.3 Å². The second kappa shape index (κ2) is 7.68. The van der Waals surface area contributed by atoms with Crippen molar-refractivity contribution in [2.24, 2.45) is 0 Å². The zero-order chi connectivity index (χ0) is 12.5. The van der Waals surface area contributed by atoms with Gasteiger partial charge < -0.3 is 15.7 Å². The number of rotatable bonds is 6. The number of carbonyl (C=O) groups excluding carboxylic acids is 1. The first-order valence-electron chi connectivity index (χ1n) is 5.91. The minimum absolute atomic E-state index is 0.0814. The highest BCUT2D eigenvalue weighted by molar-refractivity contribution is 5.74. The molecule has 0 heterocycles. The standard InChI is InChI=1S/C13H20N2O2/c1-11(6-5-9-16)15-13(17)14-10-12-7-3-2-4-8-12/h2-4,7-8,11,16H,5-6,9-10H2,1H3,(H2,14,15,17). The summed E-state index contributed by atoms with van der Waals surface area (Å²) in [4.78, 5) is 11.5. The van der Waals surface area contributed by atoms with Crippen LogP contribution in [0.5, 0.6) is 0 Å². The van der Waals surface area contributed by atoms with E-state index < -0.39 is 0 Å². The van der Waals surface area contributed by atoms with Crippen LogP contribution in [0.3, 0.4) is 0 Å². The van der Waals surface area contributed by atoms with Crippen LogP contribution in [-0.4, -0.2) is 23.8 Å². The molecule has 0 aliphatic carbocycles. The number of nitrogens with one attached hydrogen (secondary N) is 2. The topological polar surface area (TPSA) is 61.4 Å². The Hall–Kier alpha value is -1.55. The highest BCUT2D eigenvalue weighted by Crippen LogP contribution is 1.98. The lowest BCUT2D eigenvalue weighted by Crippen LogP contribution is -2.40. The van der Waals surface area contributed by atoms with Gasteiger partial charge in [-0.1, -0.05) is 30.3 Å². The fourth-order valence-corrected chi connectivity index (χ4v) is 1.52. The molecule has 1 rings (SSSR count). The summed E-state index contributed by atoms with van der Waals surface area (Å²) in [5.41, 5.74) is 1.07. The van der Waals surface area contributed by atoms with E-state index in [9.17, 15) is 4.79 Å². The van der Waals surface area contributed by atoms with E-state index in [2.05, 4.69) is 10.6 Å². The maximum Gasteiger partial charge on any atom is 0.315 e. The largest absolute Gasteiger partial charge is 0.396 e. The van der Waals surface area contributed by atoms with E-state index in [1.54, 1.807) is 0 Å². The third-order valence-electron chi connectivity index (χ3n) is 2.47. The number of aliphatic hydroxyl groups excluding tert-OH is 1. The Morgan fingerprint density at radius 3 is 2.71 bits per heavy atom. The molecule has 0 fully saturated rings. The summed E-state index contributed by atoms with van der Waals surface area (Å²) in [5, 5.41) is 14.3. The van der Waals surface area contributed by atoms with Crippen LogP contribution < -0.4 is 10.6 Å². The van der Waals surface area contributed by atoms with Gasteiger partial charge in [-0.15, -0.1) is 0 Å². The first kappa shape index (κ1) is 13.5. The minimum Gasteiger partial charge on any atom is -0.396 e. The smallest absolute Gasteiger partial charge is 0.315 e.